The van der Waals surface area contributed by atoms with Gasteiger partial charge >= 0.3 is 6.18 Å². The lowest BCUT2D eigenvalue weighted by atomic mass is 9.96. The molecule has 2 aromatic heterocycles. The number of allylic oxidation sites excluding steroid dienone is 1. The van der Waals surface area contributed by atoms with Gasteiger partial charge < -0.3 is 4.52 Å². The number of alkyl halides is 3. The van der Waals surface area contributed by atoms with E-state index >= 15 is 0 Å². The number of nitrogens with zero attached hydrogens (tertiary/aromatic N) is 5. The zero-order chi connectivity index (χ0) is 24.6. The molecule has 35 heavy (non-hydrogen) atoms. The fourth-order valence-electron chi connectivity index (χ4n) is 4.07. The summed E-state index contributed by atoms with van der Waals surface area (Å²) >= 11 is 0. The number of hydrogen-bond donors (Lipinski definition) is 0. The minimum absolute atomic E-state index is 0.168. The summed E-state index contributed by atoms with van der Waals surface area (Å²) in [5, 5.41) is 7.81. The van der Waals surface area contributed by atoms with Gasteiger partial charge in [-0.1, -0.05) is 47.6 Å². The zero-order valence-electron chi connectivity index (χ0n) is 19.1. The molecule has 1 aliphatic heterocycles. The maximum atomic E-state index is 13.1. The molecule has 6 nitrogen and oxygen atoms in total. The Hall–Kier alpha value is -4.14. The van der Waals surface area contributed by atoms with E-state index in [2.05, 4.69) is 15.2 Å². The highest BCUT2D eigenvalue weighted by Gasteiger charge is 2.33. The van der Waals surface area contributed by atoms with Crippen LogP contribution in [-0.2, 0) is 12.7 Å². The SMILES string of the molecule is Cc1noc(N2C=CC=NC2c2ccc(-c3ccccc3)c(Cn3ccc(C(F)(F)F)n3)c2)c1C. The second-order valence-corrected chi connectivity index (χ2v) is 8.30. The maximum Gasteiger partial charge on any atom is 0.435 e. The highest BCUT2D eigenvalue weighted by molar-refractivity contribution is 5.75. The summed E-state index contributed by atoms with van der Waals surface area (Å²) in [5.41, 5.74) is 4.34. The van der Waals surface area contributed by atoms with E-state index in [0.717, 1.165) is 39.6 Å². The summed E-state index contributed by atoms with van der Waals surface area (Å²) in [6.45, 7) is 3.98. The van der Waals surface area contributed by atoms with Gasteiger partial charge in [0, 0.05) is 24.2 Å². The first-order valence-corrected chi connectivity index (χ1v) is 11.0. The summed E-state index contributed by atoms with van der Waals surface area (Å²) in [5.74, 6) is 0.594. The molecular weight excluding hydrogens is 455 g/mol. The van der Waals surface area contributed by atoms with Gasteiger partial charge in [-0.3, -0.25) is 14.6 Å². The van der Waals surface area contributed by atoms with E-state index in [-0.39, 0.29) is 6.54 Å². The van der Waals surface area contributed by atoms with Gasteiger partial charge in [0.05, 0.1) is 12.2 Å². The summed E-state index contributed by atoms with van der Waals surface area (Å²) in [7, 11) is 0. The van der Waals surface area contributed by atoms with Crippen molar-refractivity contribution in [2.45, 2.75) is 32.7 Å². The fraction of sp³-hybridized carbons (Fsp3) is 0.192. The first kappa shape index (κ1) is 22.6. The van der Waals surface area contributed by atoms with E-state index in [1.165, 1.54) is 10.9 Å². The van der Waals surface area contributed by atoms with Crippen LogP contribution >= 0.6 is 0 Å². The molecule has 0 radical (unpaired) electrons. The van der Waals surface area contributed by atoms with E-state index in [4.69, 9.17) is 4.52 Å². The molecule has 0 N–H and O–H groups in total. The molecular formula is C26H22F3N5O. The number of hydrogen-bond acceptors (Lipinski definition) is 5. The lowest BCUT2D eigenvalue weighted by Gasteiger charge is -2.28. The fourth-order valence-corrected chi connectivity index (χ4v) is 4.07. The summed E-state index contributed by atoms with van der Waals surface area (Å²) < 4.78 is 46.2. The van der Waals surface area contributed by atoms with Crippen LogP contribution in [-0.4, -0.2) is 21.2 Å². The van der Waals surface area contributed by atoms with Gasteiger partial charge in [0.15, 0.2) is 11.9 Å². The molecule has 0 bridgehead atoms. The van der Waals surface area contributed by atoms with Crippen molar-refractivity contribution < 1.29 is 17.7 Å². The Bertz CT molecular complexity index is 1400. The van der Waals surface area contributed by atoms with Crippen LogP contribution in [0, 0.1) is 13.8 Å². The predicted octanol–water partition coefficient (Wildman–Crippen LogP) is 6.33. The predicted molar refractivity (Wildman–Crippen MR) is 127 cm³/mol. The van der Waals surface area contributed by atoms with E-state index in [9.17, 15) is 13.2 Å². The Morgan fingerprint density at radius 2 is 1.83 bits per heavy atom. The van der Waals surface area contributed by atoms with Crippen LogP contribution in [0.1, 0.15) is 34.2 Å². The second-order valence-electron chi connectivity index (χ2n) is 8.30. The molecule has 0 saturated carbocycles. The van der Waals surface area contributed by atoms with Gasteiger partial charge in [-0.05, 0) is 54.3 Å². The first-order chi connectivity index (χ1) is 16.8. The van der Waals surface area contributed by atoms with Crippen molar-refractivity contribution in [3.8, 4) is 11.1 Å². The van der Waals surface area contributed by atoms with Crippen molar-refractivity contribution in [3.63, 3.8) is 0 Å². The first-order valence-electron chi connectivity index (χ1n) is 11.0. The standard InChI is InChI=1S/C26H22F3N5O/c1-17-18(2)32-35-25(17)34-13-6-12-30-24(34)20-9-10-22(19-7-4-3-5-8-19)21(15-20)16-33-14-11-23(31-33)26(27,28)29/h3-15,24H,16H2,1-2H3. The topological polar surface area (TPSA) is 59.5 Å². The average molecular weight is 477 g/mol. The third-order valence-corrected chi connectivity index (χ3v) is 5.97. The molecule has 0 aliphatic carbocycles. The lowest BCUT2D eigenvalue weighted by molar-refractivity contribution is -0.141. The molecule has 9 heteroatoms. The van der Waals surface area contributed by atoms with Gasteiger partial charge in [-0.2, -0.15) is 18.3 Å². The molecule has 0 amide bonds. The summed E-state index contributed by atoms with van der Waals surface area (Å²) in [6, 6.07) is 16.6. The van der Waals surface area contributed by atoms with Crippen molar-refractivity contribution in [1.82, 2.24) is 14.9 Å². The van der Waals surface area contributed by atoms with Crippen molar-refractivity contribution in [2.24, 2.45) is 4.99 Å². The number of benzene rings is 2. The molecule has 0 fully saturated rings. The van der Waals surface area contributed by atoms with Crippen LogP contribution in [0.15, 0.2) is 82.6 Å². The van der Waals surface area contributed by atoms with E-state index < -0.39 is 18.0 Å². The Morgan fingerprint density at radius 1 is 1.03 bits per heavy atom. The molecule has 1 aliphatic rings. The number of aliphatic imine (C=N–C) groups is 1. The smallest absolute Gasteiger partial charge is 0.338 e. The maximum absolute atomic E-state index is 13.1. The van der Waals surface area contributed by atoms with Gasteiger partial charge in [0.25, 0.3) is 0 Å². The molecule has 0 saturated heterocycles. The van der Waals surface area contributed by atoms with Gasteiger partial charge in [-0.15, -0.1) is 0 Å². The van der Waals surface area contributed by atoms with Crippen molar-refractivity contribution in [2.75, 3.05) is 4.90 Å². The number of halogens is 3. The molecule has 0 spiro atoms. The zero-order valence-corrected chi connectivity index (χ0v) is 19.1. The molecule has 1 atom stereocenters. The van der Waals surface area contributed by atoms with Crippen LogP contribution in [0.5, 0.6) is 0 Å². The largest absolute Gasteiger partial charge is 0.435 e. The number of aryl methyl sites for hydroxylation is 1. The average Bonchev–Trinajstić information content (AvgIpc) is 3.46. The summed E-state index contributed by atoms with van der Waals surface area (Å²) in [6.07, 6.45) is 1.84. The Balaban J connectivity index is 1.56. The lowest BCUT2D eigenvalue weighted by Crippen LogP contribution is -2.24. The van der Waals surface area contributed by atoms with Crippen LogP contribution in [0.25, 0.3) is 11.1 Å². The monoisotopic (exact) mass is 477 g/mol. The normalized spacial score (nSPS) is 15.7. The van der Waals surface area contributed by atoms with Gasteiger partial charge in [-0.25, -0.2) is 0 Å². The van der Waals surface area contributed by atoms with E-state index in [1.807, 2.05) is 79.6 Å². The molecule has 2 aromatic carbocycles. The second kappa shape index (κ2) is 8.90. The Kier molecular flexibility index (Phi) is 5.76. The van der Waals surface area contributed by atoms with Crippen LogP contribution in [0.2, 0.25) is 0 Å². The third-order valence-electron chi connectivity index (χ3n) is 5.97. The molecule has 5 rings (SSSR count). The highest BCUT2D eigenvalue weighted by atomic mass is 19.4. The van der Waals surface area contributed by atoms with Crippen LogP contribution in [0.4, 0.5) is 19.1 Å². The number of anilines is 1. The Morgan fingerprint density at radius 3 is 2.51 bits per heavy atom. The highest BCUT2D eigenvalue weighted by Crippen LogP contribution is 2.36. The van der Waals surface area contributed by atoms with Gasteiger partial charge in [0.2, 0.25) is 5.88 Å². The van der Waals surface area contributed by atoms with E-state index in [0.29, 0.717) is 5.88 Å². The van der Waals surface area contributed by atoms with Crippen LogP contribution < -0.4 is 4.90 Å². The molecule has 4 aromatic rings. The third kappa shape index (κ3) is 4.49. The number of rotatable bonds is 5. The molecule has 3 heterocycles. The van der Waals surface area contributed by atoms with Gasteiger partial charge in [0.1, 0.15) is 0 Å². The van der Waals surface area contributed by atoms with Crippen molar-refractivity contribution >= 4 is 12.1 Å². The minimum Gasteiger partial charge on any atom is -0.338 e. The van der Waals surface area contributed by atoms with Crippen molar-refractivity contribution in [1.29, 1.82) is 0 Å². The minimum atomic E-state index is -4.49. The Labute approximate surface area is 200 Å². The number of aromatic nitrogens is 3. The quantitative estimate of drug-likeness (QED) is 0.337. The molecule has 1 unspecified atom stereocenters. The van der Waals surface area contributed by atoms with Crippen molar-refractivity contribution in [3.05, 3.63) is 101 Å². The van der Waals surface area contributed by atoms with E-state index in [1.54, 1.807) is 6.21 Å². The molecule has 178 valence electrons. The summed E-state index contributed by atoms with van der Waals surface area (Å²) in [4.78, 5) is 6.55. The van der Waals surface area contributed by atoms with Crippen LogP contribution in [0.3, 0.4) is 0 Å².